The number of carbonyl (C=O) groups is 1. The Labute approximate surface area is 98.6 Å². The van der Waals surface area contributed by atoms with Gasteiger partial charge in [0.2, 0.25) is 0 Å². The lowest BCUT2D eigenvalue weighted by Gasteiger charge is -2.00. The molecular weight excluding hydrogens is 216 g/mol. The maximum absolute atomic E-state index is 11.8. The third-order valence-electron chi connectivity index (χ3n) is 2.77. The molecule has 0 saturated heterocycles. The molecule has 1 aliphatic rings. The first-order chi connectivity index (χ1) is 8.33. The highest BCUT2D eigenvalue weighted by molar-refractivity contribution is 6.02. The van der Waals surface area contributed by atoms with Crippen LogP contribution in [-0.2, 0) is 0 Å². The highest BCUT2D eigenvalue weighted by Gasteiger charge is 2.28. The third kappa shape index (κ3) is 2.20. The lowest BCUT2D eigenvalue weighted by Crippen LogP contribution is -2.11. The second kappa shape index (κ2) is 4.05. The molecule has 1 aromatic heterocycles. The van der Waals surface area contributed by atoms with Crippen LogP contribution in [0.15, 0.2) is 40.9 Å². The Hall–Kier alpha value is -2.10. The maximum atomic E-state index is 11.8. The van der Waals surface area contributed by atoms with Crippen molar-refractivity contribution in [1.82, 2.24) is 5.16 Å². The van der Waals surface area contributed by atoms with Crippen LogP contribution in [0.5, 0.6) is 0 Å². The van der Waals surface area contributed by atoms with Crippen LogP contribution < -0.4 is 5.32 Å². The van der Waals surface area contributed by atoms with Crippen LogP contribution >= 0.6 is 0 Å². The number of aromatic nitrogens is 1. The Balaban J connectivity index is 1.72. The highest BCUT2D eigenvalue weighted by Crippen LogP contribution is 2.40. The van der Waals surface area contributed by atoms with E-state index < -0.39 is 0 Å². The van der Waals surface area contributed by atoms with E-state index in [1.165, 1.54) is 0 Å². The smallest absolute Gasteiger partial charge is 0.277 e. The van der Waals surface area contributed by atoms with E-state index in [2.05, 4.69) is 10.5 Å². The minimum Gasteiger partial charge on any atom is -0.360 e. The number of carbonyl (C=O) groups excluding carboxylic acids is 1. The Morgan fingerprint density at radius 3 is 2.76 bits per heavy atom. The number of benzene rings is 1. The number of hydrogen-bond donors (Lipinski definition) is 1. The normalized spacial score (nSPS) is 14.6. The van der Waals surface area contributed by atoms with Crippen molar-refractivity contribution in [3.05, 3.63) is 47.9 Å². The van der Waals surface area contributed by atoms with Gasteiger partial charge in [-0.1, -0.05) is 23.4 Å². The highest BCUT2D eigenvalue weighted by atomic mass is 16.5. The third-order valence-corrected chi connectivity index (χ3v) is 2.77. The largest absolute Gasteiger partial charge is 0.360 e. The van der Waals surface area contributed by atoms with E-state index in [1.54, 1.807) is 6.07 Å². The van der Waals surface area contributed by atoms with Gasteiger partial charge in [-0.3, -0.25) is 4.79 Å². The summed E-state index contributed by atoms with van der Waals surface area (Å²) in [5.74, 6) is 1.07. The van der Waals surface area contributed by atoms with Crippen molar-refractivity contribution in [1.29, 1.82) is 0 Å². The summed E-state index contributed by atoms with van der Waals surface area (Å²) >= 11 is 0. The van der Waals surface area contributed by atoms with Crippen molar-refractivity contribution in [2.45, 2.75) is 18.8 Å². The van der Waals surface area contributed by atoms with Crippen molar-refractivity contribution in [2.24, 2.45) is 0 Å². The molecule has 17 heavy (non-hydrogen) atoms. The van der Waals surface area contributed by atoms with Crippen molar-refractivity contribution >= 4 is 11.6 Å². The molecule has 0 radical (unpaired) electrons. The van der Waals surface area contributed by atoms with Crippen LogP contribution in [0.2, 0.25) is 0 Å². The number of nitrogens with zero attached hydrogens (tertiary/aromatic N) is 1. The van der Waals surface area contributed by atoms with Crippen LogP contribution in [0.3, 0.4) is 0 Å². The van der Waals surface area contributed by atoms with Gasteiger partial charge >= 0.3 is 0 Å². The van der Waals surface area contributed by atoms with Crippen molar-refractivity contribution in [3.63, 3.8) is 0 Å². The Morgan fingerprint density at radius 2 is 2.06 bits per heavy atom. The van der Waals surface area contributed by atoms with Crippen LogP contribution in [0.4, 0.5) is 5.69 Å². The number of amides is 1. The summed E-state index contributed by atoms with van der Waals surface area (Å²) in [6.45, 7) is 0. The van der Waals surface area contributed by atoms with Crippen LogP contribution in [0.25, 0.3) is 0 Å². The quantitative estimate of drug-likeness (QED) is 0.878. The molecule has 1 saturated carbocycles. The molecule has 1 N–H and O–H groups in total. The van der Waals surface area contributed by atoms with E-state index in [9.17, 15) is 4.79 Å². The molecule has 2 aromatic rings. The van der Waals surface area contributed by atoms with E-state index in [0.717, 1.165) is 24.3 Å². The molecule has 0 bridgehead atoms. The summed E-state index contributed by atoms with van der Waals surface area (Å²) in [6.07, 6.45) is 2.27. The lowest BCUT2D eigenvalue weighted by molar-refractivity contribution is 0.101. The van der Waals surface area contributed by atoms with E-state index in [0.29, 0.717) is 11.6 Å². The first-order valence-electron chi connectivity index (χ1n) is 5.66. The zero-order valence-electron chi connectivity index (χ0n) is 9.22. The van der Waals surface area contributed by atoms with Gasteiger partial charge in [0.15, 0.2) is 5.69 Å². The summed E-state index contributed by atoms with van der Waals surface area (Å²) in [7, 11) is 0. The molecule has 1 heterocycles. The summed E-state index contributed by atoms with van der Waals surface area (Å²) in [5, 5.41) is 6.56. The summed E-state index contributed by atoms with van der Waals surface area (Å²) in [4.78, 5) is 11.8. The molecule has 0 atom stereocenters. The van der Waals surface area contributed by atoms with Gasteiger partial charge < -0.3 is 9.84 Å². The number of para-hydroxylation sites is 1. The molecule has 3 rings (SSSR count). The molecule has 0 unspecified atom stereocenters. The fourth-order valence-corrected chi connectivity index (χ4v) is 1.67. The average Bonchev–Trinajstić information content (AvgIpc) is 3.08. The van der Waals surface area contributed by atoms with E-state index in [4.69, 9.17) is 4.52 Å². The second-order valence-electron chi connectivity index (χ2n) is 4.21. The first-order valence-corrected chi connectivity index (χ1v) is 5.66. The van der Waals surface area contributed by atoms with Gasteiger partial charge in [0, 0.05) is 17.7 Å². The Morgan fingerprint density at radius 1 is 1.29 bits per heavy atom. The fourth-order valence-electron chi connectivity index (χ4n) is 1.67. The molecule has 0 spiro atoms. The topological polar surface area (TPSA) is 55.1 Å². The molecule has 1 fully saturated rings. The van der Waals surface area contributed by atoms with Gasteiger partial charge in [0.1, 0.15) is 5.76 Å². The minimum atomic E-state index is -0.230. The Kier molecular flexibility index (Phi) is 2.40. The predicted molar refractivity (Wildman–Crippen MR) is 62.9 cm³/mol. The molecule has 1 aliphatic carbocycles. The van der Waals surface area contributed by atoms with Gasteiger partial charge in [-0.25, -0.2) is 0 Å². The van der Waals surface area contributed by atoms with Gasteiger partial charge in [0.05, 0.1) is 0 Å². The molecule has 1 aromatic carbocycles. The van der Waals surface area contributed by atoms with Crippen LogP contribution in [0, 0.1) is 0 Å². The fraction of sp³-hybridized carbons (Fsp3) is 0.231. The molecular formula is C13H12N2O2. The number of hydrogen-bond acceptors (Lipinski definition) is 3. The SMILES string of the molecule is O=C(Nc1ccccc1)c1cc(C2CC2)on1. The van der Waals surface area contributed by atoms with Crippen molar-refractivity contribution in [2.75, 3.05) is 5.32 Å². The molecule has 1 amide bonds. The molecule has 4 nitrogen and oxygen atoms in total. The Bertz CT molecular complexity index is 529. The summed E-state index contributed by atoms with van der Waals surface area (Å²) < 4.78 is 5.14. The molecule has 86 valence electrons. The summed E-state index contributed by atoms with van der Waals surface area (Å²) in [5.41, 5.74) is 1.10. The zero-order valence-corrected chi connectivity index (χ0v) is 9.22. The predicted octanol–water partition coefficient (Wildman–Crippen LogP) is 2.80. The number of rotatable bonds is 3. The van der Waals surface area contributed by atoms with Gasteiger partial charge in [-0.05, 0) is 25.0 Å². The van der Waals surface area contributed by atoms with E-state index in [1.807, 2.05) is 30.3 Å². The second-order valence-corrected chi connectivity index (χ2v) is 4.21. The maximum Gasteiger partial charge on any atom is 0.277 e. The zero-order chi connectivity index (χ0) is 11.7. The number of anilines is 1. The number of nitrogens with one attached hydrogen (secondary N) is 1. The standard InChI is InChI=1S/C13H12N2O2/c16-13(14-10-4-2-1-3-5-10)11-8-12(17-15-11)9-6-7-9/h1-5,8-9H,6-7H2,(H,14,16). The summed E-state index contributed by atoms with van der Waals surface area (Å²) in [6, 6.07) is 11.0. The van der Waals surface area contributed by atoms with Crippen LogP contribution in [0.1, 0.15) is 35.0 Å². The molecule has 4 heteroatoms. The van der Waals surface area contributed by atoms with Crippen molar-refractivity contribution in [3.8, 4) is 0 Å². The average molecular weight is 228 g/mol. The first kappa shape index (κ1) is 10.1. The lowest BCUT2D eigenvalue weighted by atomic mass is 10.2. The van der Waals surface area contributed by atoms with Gasteiger partial charge in [0.25, 0.3) is 5.91 Å². The van der Waals surface area contributed by atoms with Crippen LogP contribution in [-0.4, -0.2) is 11.1 Å². The van der Waals surface area contributed by atoms with Gasteiger partial charge in [-0.15, -0.1) is 0 Å². The molecule has 0 aliphatic heterocycles. The van der Waals surface area contributed by atoms with Gasteiger partial charge in [-0.2, -0.15) is 0 Å². The monoisotopic (exact) mass is 228 g/mol. The van der Waals surface area contributed by atoms with Crippen molar-refractivity contribution < 1.29 is 9.32 Å². The van der Waals surface area contributed by atoms with E-state index >= 15 is 0 Å². The minimum absolute atomic E-state index is 0.230. The van der Waals surface area contributed by atoms with E-state index in [-0.39, 0.29) is 5.91 Å².